The number of carboxylic acids is 1. The van der Waals surface area contributed by atoms with Gasteiger partial charge in [0, 0.05) is 19.8 Å². The van der Waals surface area contributed by atoms with Gasteiger partial charge in [0.2, 0.25) is 5.91 Å². The monoisotopic (exact) mass is 849 g/mol. The highest BCUT2D eigenvalue weighted by molar-refractivity contribution is 5.82. The van der Waals surface area contributed by atoms with E-state index in [1.54, 1.807) is 0 Å². The summed E-state index contributed by atoms with van der Waals surface area (Å²) >= 11 is 0. The van der Waals surface area contributed by atoms with Gasteiger partial charge in [-0.05, 0) is 45.0 Å². The van der Waals surface area contributed by atoms with Crippen molar-refractivity contribution < 1.29 is 43.1 Å². The first-order valence-electron chi connectivity index (χ1n) is 21.4. The molecule has 1 aliphatic rings. The van der Waals surface area contributed by atoms with E-state index in [1.165, 1.54) is 6.92 Å². The average Bonchev–Trinajstić information content (AvgIpc) is 3.31. The summed E-state index contributed by atoms with van der Waals surface area (Å²) < 4.78 is 40.9. The van der Waals surface area contributed by atoms with Gasteiger partial charge in [0.05, 0.1) is 39.1 Å². The molecule has 1 fully saturated rings. The number of aliphatic carboxylic acids is 1. The molecule has 1 saturated heterocycles. The van der Waals surface area contributed by atoms with Gasteiger partial charge in [0.15, 0.2) is 0 Å². The fraction of sp³-hybridized carbons (Fsp3) is 0.283. The number of carbonyl (C=O) groups excluding carboxylic acids is 1. The van der Waals surface area contributed by atoms with E-state index >= 15 is 0 Å². The zero-order valence-electron chi connectivity index (χ0n) is 35.5. The molecule has 0 radical (unpaired) electrons. The molecule has 10 heteroatoms. The molecule has 0 unspecified atom stereocenters. The lowest BCUT2D eigenvalue weighted by molar-refractivity contribution is -0.272. The number of ether oxygens (including phenoxy) is 6. The van der Waals surface area contributed by atoms with Crippen LogP contribution in [0.3, 0.4) is 0 Å². The van der Waals surface area contributed by atoms with Crippen LogP contribution in [0.4, 0.5) is 0 Å². The number of carbonyl (C=O) groups is 2. The maximum atomic E-state index is 12.2. The van der Waals surface area contributed by atoms with Gasteiger partial charge in [0.1, 0.15) is 42.8 Å². The predicted molar refractivity (Wildman–Crippen MR) is 240 cm³/mol. The summed E-state index contributed by atoms with van der Waals surface area (Å²) in [6.07, 6.45) is -2.56. The van der Waals surface area contributed by atoms with Crippen LogP contribution in [0.2, 0.25) is 0 Å². The molecule has 1 amide bonds. The van der Waals surface area contributed by atoms with E-state index in [4.69, 9.17) is 28.4 Å². The first-order chi connectivity index (χ1) is 30.9. The minimum absolute atomic E-state index is 0.0658. The second-order valence-corrected chi connectivity index (χ2v) is 15.7. The molecule has 1 heterocycles. The lowest BCUT2D eigenvalue weighted by Crippen LogP contribution is -2.61. The SMILES string of the molecule is CC(=O)N[C@@H](Cc1ccc(C[C@H]2O[C@H](COCc3ccccc3)[C@@H](OCc3ccccc3)[C@H](OCc3ccccc3)[C@H]2OCc2ccccc2)c(OCc2ccccc2)c1)C(=O)O. The maximum absolute atomic E-state index is 12.2. The summed E-state index contributed by atoms with van der Waals surface area (Å²) in [6.45, 7) is 3.12. The van der Waals surface area contributed by atoms with Crippen LogP contribution >= 0.6 is 0 Å². The van der Waals surface area contributed by atoms with Crippen LogP contribution in [0.5, 0.6) is 5.75 Å². The normalized spacial score (nSPS) is 18.9. The Kier molecular flexibility index (Phi) is 16.6. The largest absolute Gasteiger partial charge is 0.489 e. The van der Waals surface area contributed by atoms with E-state index in [2.05, 4.69) is 5.32 Å². The van der Waals surface area contributed by atoms with Crippen LogP contribution < -0.4 is 10.1 Å². The van der Waals surface area contributed by atoms with Crippen LogP contribution in [0.1, 0.15) is 45.9 Å². The van der Waals surface area contributed by atoms with Gasteiger partial charge in [-0.2, -0.15) is 0 Å². The molecule has 2 N–H and O–H groups in total. The van der Waals surface area contributed by atoms with Gasteiger partial charge in [0.25, 0.3) is 0 Å². The number of hydrogen-bond donors (Lipinski definition) is 2. The van der Waals surface area contributed by atoms with Gasteiger partial charge in [-0.15, -0.1) is 0 Å². The maximum Gasteiger partial charge on any atom is 0.326 e. The van der Waals surface area contributed by atoms with E-state index < -0.39 is 48.4 Å². The van der Waals surface area contributed by atoms with E-state index in [-0.39, 0.29) is 19.6 Å². The van der Waals surface area contributed by atoms with Gasteiger partial charge in [-0.3, -0.25) is 4.79 Å². The van der Waals surface area contributed by atoms with Crippen LogP contribution in [-0.4, -0.2) is 60.2 Å². The highest BCUT2D eigenvalue weighted by atomic mass is 16.6. The van der Waals surface area contributed by atoms with Crippen LogP contribution in [0.25, 0.3) is 0 Å². The second-order valence-electron chi connectivity index (χ2n) is 15.7. The molecule has 0 aromatic heterocycles. The van der Waals surface area contributed by atoms with Crippen LogP contribution in [-0.2, 0) is 79.1 Å². The molecule has 0 aliphatic carbocycles. The lowest BCUT2D eigenvalue weighted by Gasteiger charge is -2.46. The quantitative estimate of drug-likeness (QED) is 0.0692. The third-order valence-corrected chi connectivity index (χ3v) is 10.9. The van der Waals surface area contributed by atoms with Crippen molar-refractivity contribution in [2.75, 3.05) is 6.61 Å². The van der Waals surface area contributed by atoms with Crippen molar-refractivity contribution in [2.24, 2.45) is 0 Å². The van der Waals surface area contributed by atoms with Crippen molar-refractivity contribution in [3.05, 3.63) is 209 Å². The van der Waals surface area contributed by atoms with Gasteiger partial charge in [-0.1, -0.05) is 164 Å². The smallest absolute Gasteiger partial charge is 0.326 e. The second kappa shape index (κ2) is 23.3. The van der Waals surface area contributed by atoms with E-state index in [0.29, 0.717) is 44.2 Å². The molecule has 6 aromatic rings. The molecule has 6 aromatic carbocycles. The number of carboxylic acid groups (broad SMARTS) is 1. The summed E-state index contributed by atoms with van der Waals surface area (Å²) in [5.41, 5.74) is 6.54. The lowest BCUT2D eigenvalue weighted by atomic mass is 9.90. The third-order valence-electron chi connectivity index (χ3n) is 10.9. The topological polar surface area (TPSA) is 122 Å². The molecule has 1 aliphatic heterocycles. The van der Waals surface area contributed by atoms with Crippen molar-refractivity contribution in [1.29, 1.82) is 0 Å². The van der Waals surface area contributed by atoms with Crippen LogP contribution in [0.15, 0.2) is 170 Å². The van der Waals surface area contributed by atoms with Gasteiger partial charge in [-0.25, -0.2) is 4.79 Å². The fourth-order valence-electron chi connectivity index (χ4n) is 7.71. The molecule has 0 bridgehead atoms. The van der Waals surface area contributed by atoms with Crippen molar-refractivity contribution in [3.8, 4) is 5.75 Å². The Morgan fingerprint density at radius 3 is 1.48 bits per heavy atom. The summed E-state index contributed by atoms with van der Waals surface area (Å²) in [4.78, 5) is 24.1. The molecule has 0 saturated carbocycles. The van der Waals surface area contributed by atoms with Gasteiger partial charge < -0.3 is 38.8 Å². The van der Waals surface area contributed by atoms with Crippen molar-refractivity contribution in [3.63, 3.8) is 0 Å². The van der Waals surface area contributed by atoms with E-state index in [9.17, 15) is 14.7 Å². The fourth-order valence-corrected chi connectivity index (χ4v) is 7.71. The van der Waals surface area contributed by atoms with Crippen molar-refractivity contribution >= 4 is 11.9 Å². The minimum atomic E-state index is -1.12. The Bertz CT molecular complexity index is 2280. The molecular formula is C53H55NO9. The number of rotatable bonds is 22. The highest BCUT2D eigenvalue weighted by Crippen LogP contribution is 2.35. The summed E-state index contributed by atoms with van der Waals surface area (Å²) in [5.74, 6) is -0.982. The minimum Gasteiger partial charge on any atom is -0.489 e. The zero-order valence-corrected chi connectivity index (χ0v) is 35.5. The van der Waals surface area contributed by atoms with Crippen molar-refractivity contribution in [1.82, 2.24) is 5.32 Å². The number of amides is 1. The standard InChI is InChI=1S/C53H55NO9/c1-38(55)54-46(53(56)57)29-44-27-28-45(47(30-44)59-33-40-19-9-3-10-20-40)31-48-50(60-34-41-21-11-4-12-22-41)52(62-36-43-25-15-6-16-26-43)51(61-35-42-23-13-5-14-24-42)49(63-48)37-58-32-39-17-7-2-8-18-39/h2-28,30,46,48-52H,29,31-37H2,1H3,(H,54,55)(H,56,57)/t46-,48+,49+,50-,51+,52+/m0/s1. The predicted octanol–water partition coefficient (Wildman–Crippen LogP) is 8.68. The Morgan fingerprint density at radius 1 is 0.556 bits per heavy atom. The first kappa shape index (κ1) is 44.9. The molecule has 326 valence electrons. The average molecular weight is 850 g/mol. The molecular weight excluding hydrogens is 795 g/mol. The zero-order chi connectivity index (χ0) is 43.6. The molecule has 7 rings (SSSR count). The summed E-state index contributed by atoms with van der Waals surface area (Å²) in [6, 6.07) is 54.5. The Balaban J connectivity index is 1.26. The molecule has 63 heavy (non-hydrogen) atoms. The van der Waals surface area contributed by atoms with E-state index in [0.717, 1.165) is 33.4 Å². The summed E-state index contributed by atoms with van der Waals surface area (Å²) in [5, 5.41) is 12.5. The molecule has 0 spiro atoms. The van der Waals surface area contributed by atoms with Gasteiger partial charge >= 0.3 is 5.97 Å². The third kappa shape index (κ3) is 13.7. The molecule has 10 nitrogen and oxygen atoms in total. The van der Waals surface area contributed by atoms with Crippen molar-refractivity contribution in [2.45, 2.75) is 89.4 Å². The first-order valence-corrected chi connectivity index (χ1v) is 21.4. The number of benzene rings is 6. The molecule has 6 atom stereocenters. The van der Waals surface area contributed by atoms with Crippen LogP contribution in [0, 0.1) is 0 Å². The highest BCUT2D eigenvalue weighted by Gasteiger charge is 2.48. The Hall–Kier alpha value is -6.14. The number of nitrogens with one attached hydrogen (secondary N) is 1. The summed E-state index contributed by atoms with van der Waals surface area (Å²) in [7, 11) is 0. The Labute approximate surface area is 369 Å². The Morgan fingerprint density at radius 2 is 1.00 bits per heavy atom. The number of hydrogen-bond acceptors (Lipinski definition) is 8. The van der Waals surface area contributed by atoms with E-state index in [1.807, 2.05) is 170 Å².